The van der Waals surface area contributed by atoms with Gasteiger partial charge in [0.25, 0.3) is 11.6 Å². The molecule has 8 heteroatoms. The second kappa shape index (κ2) is 7.37. The number of aromatic amines is 1. The molecule has 1 fully saturated rings. The topological polar surface area (TPSA) is 97.3 Å². The largest absolute Gasteiger partial charge is 0.381 e. The maximum Gasteiger partial charge on any atom is 0.270 e. The van der Waals surface area contributed by atoms with Crippen LogP contribution in [0.25, 0.3) is 10.9 Å². The molecule has 1 saturated heterocycles. The Bertz CT molecular complexity index is 1060. The van der Waals surface area contributed by atoms with Gasteiger partial charge in [-0.05, 0) is 36.6 Å². The molecule has 1 aliphatic rings. The summed E-state index contributed by atoms with van der Waals surface area (Å²) in [5.41, 5.74) is 1.47. The molecule has 0 unspecified atom stereocenters. The summed E-state index contributed by atoms with van der Waals surface area (Å²) in [7, 11) is 0. The average molecular weight is 444 g/mol. The van der Waals surface area contributed by atoms with Crippen molar-refractivity contribution in [2.24, 2.45) is 0 Å². The molecular weight excluding hydrogens is 426 g/mol. The zero-order valence-corrected chi connectivity index (χ0v) is 16.5. The number of fused-ring (bicyclic) bond motifs is 1. The van der Waals surface area contributed by atoms with Crippen LogP contribution < -0.4 is 5.32 Å². The molecule has 0 radical (unpaired) electrons. The van der Waals surface area contributed by atoms with E-state index in [0.717, 1.165) is 10.0 Å². The summed E-state index contributed by atoms with van der Waals surface area (Å²) in [6.07, 6.45) is 2.90. The van der Waals surface area contributed by atoms with E-state index in [1.165, 1.54) is 12.1 Å². The molecule has 2 N–H and O–H groups in total. The smallest absolute Gasteiger partial charge is 0.270 e. The highest BCUT2D eigenvalue weighted by Crippen LogP contribution is 2.34. The zero-order chi connectivity index (χ0) is 19.7. The van der Waals surface area contributed by atoms with E-state index >= 15 is 0 Å². The molecular formula is C20H18BrN3O4. The number of non-ortho nitro benzene ring substituents is 1. The Balaban J connectivity index is 1.71. The molecule has 0 bridgehead atoms. The number of nitro benzene ring substituents is 1. The highest BCUT2D eigenvalue weighted by molar-refractivity contribution is 9.10. The van der Waals surface area contributed by atoms with Crippen LogP contribution in [0.3, 0.4) is 0 Å². The van der Waals surface area contributed by atoms with Gasteiger partial charge in [-0.15, -0.1) is 0 Å². The number of ether oxygens (including phenoxy) is 1. The molecule has 0 spiro atoms. The summed E-state index contributed by atoms with van der Waals surface area (Å²) < 4.78 is 6.45. The number of carbonyl (C=O) groups is 1. The van der Waals surface area contributed by atoms with Crippen LogP contribution in [0.5, 0.6) is 0 Å². The Morgan fingerprint density at radius 1 is 1.21 bits per heavy atom. The first-order valence-electron chi connectivity index (χ1n) is 8.90. The third-order valence-electron chi connectivity index (χ3n) is 5.20. The van der Waals surface area contributed by atoms with Gasteiger partial charge < -0.3 is 15.0 Å². The minimum Gasteiger partial charge on any atom is -0.381 e. The van der Waals surface area contributed by atoms with Gasteiger partial charge in [0, 0.05) is 46.9 Å². The number of benzene rings is 2. The monoisotopic (exact) mass is 443 g/mol. The number of rotatable bonds is 4. The molecule has 1 aliphatic heterocycles. The number of H-pyrrole nitrogens is 1. The predicted molar refractivity (Wildman–Crippen MR) is 108 cm³/mol. The minimum atomic E-state index is -0.552. The zero-order valence-electron chi connectivity index (χ0n) is 14.9. The van der Waals surface area contributed by atoms with Gasteiger partial charge in [-0.1, -0.05) is 28.1 Å². The lowest BCUT2D eigenvalue weighted by molar-refractivity contribution is -0.384. The quantitative estimate of drug-likeness (QED) is 0.464. The summed E-state index contributed by atoms with van der Waals surface area (Å²) in [4.78, 5) is 26.8. The van der Waals surface area contributed by atoms with Crippen LogP contribution in [-0.4, -0.2) is 29.0 Å². The van der Waals surface area contributed by atoms with Crippen LogP contribution in [0.4, 0.5) is 5.69 Å². The first-order chi connectivity index (χ1) is 13.5. The van der Waals surface area contributed by atoms with Crippen LogP contribution >= 0.6 is 15.9 Å². The van der Waals surface area contributed by atoms with Crippen molar-refractivity contribution in [3.05, 3.63) is 74.4 Å². The molecule has 144 valence electrons. The number of nitrogens with zero attached hydrogens (tertiary/aromatic N) is 1. The molecule has 1 amide bonds. The number of amides is 1. The number of nitro groups is 1. The molecule has 28 heavy (non-hydrogen) atoms. The number of carbonyl (C=O) groups excluding carboxylic acids is 1. The number of hydrogen-bond donors (Lipinski definition) is 2. The van der Waals surface area contributed by atoms with Crippen LogP contribution in [-0.2, 0) is 10.3 Å². The normalized spacial score (nSPS) is 16.0. The lowest BCUT2D eigenvalue weighted by atomic mass is 9.82. The molecule has 2 heterocycles. The second-order valence-electron chi connectivity index (χ2n) is 6.85. The Kier molecular flexibility index (Phi) is 4.91. The van der Waals surface area contributed by atoms with Crippen molar-refractivity contribution in [1.29, 1.82) is 0 Å². The summed E-state index contributed by atoms with van der Waals surface area (Å²) in [5.74, 6) is -0.270. The van der Waals surface area contributed by atoms with Crippen LogP contribution in [0.1, 0.15) is 28.8 Å². The van der Waals surface area contributed by atoms with Crippen molar-refractivity contribution >= 4 is 38.4 Å². The SMILES string of the molecule is O=C(NC1(c2cccc(Br)c2)CCOCC1)c1c[nH]c2ccc([N+](=O)[O-])cc12. The van der Waals surface area contributed by atoms with Crippen molar-refractivity contribution in [2.45, 2.75) is 18.4 Å². The Hall–Kier alpha value is -2.71. The Labute approximate surface area is 169 Å². The Morgan fingerprint density at radius 3 is 2.71 bits per heavy atom. The van der Waals surface area contributed by atoms with Gasteiger partial charge in [-0.2, -0.15) is 0 Å². The first kappa shape index (κ1) is 18.6. The van der Waals surface area contributed by atoms with Gasteiger partial charge in [0.05, 0.1) is 16.0 Å². The van der Waals surface area contributed by atoms with Gasteiger partial charge in [-0.25, -0.2) is 0 Å². The third kappa shape index (κ3) is 3.41. The summed E-state index contributed by atoms with van der Waals surface area (Å²) in [6, 6.07) is 12.3. The molecule has 7 nitrogen and oxygen atoms in total. The van der Waals surface area contributed by atoms with Crippen molar-refractivity contribution in [3.63, 3.8) is 0 Å². The fourth-order valence-corrected chi connectivity index (χ4v) is 4.09. The van der Waals surface area contributed by atoms with Gasteiger partial charge in [0.15, 0.2) is 0 Å². The standard InChI is InChI=1S/C20H18BrN3O4/c21-14-3-1-2-13(10-14)20(6-8-28-9-7-20)23-19(25)17-12-22-18-5-4-15(24(26)27)11-16(17)18/h1-5,10-12,22H,6-9H2,(H,23,25). The van der Waals surface area contributed by atoms with E-state index in [4.69, 9.17) is 4.74 Å². The Morgan fingerprint density at radius 2 is 2.00 bits per heavy atom. The lowest BCUT2D eigenvalue weighted by Gasteiger charge is -2.38. The van der Waals surface area contributed by atoms with E-state index in [1.807, 2.05) is 24.3 Å². The molecule has 2 aromatic carbocycles. The molecule has 3 aromatic rings. The van der Waals surface area contributed by atoms with Gasteiger partial charge in [-0.3, -0.25) is 14.9 Å². The summed E-state index contributed by atoms with van der Waals surface area (Å²) >= 11 is 3.50. The highest BCUT2D eigenvalue weighted by Gasteiger charge is 2.36. The van der Waals surface area contributed by atoms with Gasteiger partial charge in [0.1, 0.15) is 0 Å². The van der Waals surface area contributed by atoms with E-state index in [1.54, 1.807) is 12.3 Å². The van der Waals surface area contributed by atoms with Gasteiger partial charge >= 0.3 is 0 Å². The van der Waals surface area contributed by atoms with Crippen molar-refractivity contribution in [3.8, 4) is 0 Å². The second-order valence-corrected chi connectivity index (χ2v) is 7.76. The van der Waals surface area contributed by atoms with Crippen molar-refractivity contribution < 1.29 is 14.5 Å². The highest BCUT2D eigenvalue weighted by atomic mass is 79.9. The number of halogens is 1. The summed E-state index contributed by atoms with van der Waals surface area (Å²) in [5, 5.41) is 14.8. The minimum absolute atomic E-state index is 0.0473. The molecule has 0 aliphatic carbocycles. The van der Waals surface area contributed by atoms with E-state index in [9.17, 15) is 14.9 Å². The van der Waals surface area contributed by atoms with Gasteiger partial charge in [0.2, 0.25) is 0 Å². The fraction of sp³-hybridized carbons (Fsp3) is 0.250. The molecule has 4 rings (SSSR count). The lowest BCUT2D eigenvalue weighted by Crippen LogP contribution is -2.49. The molecule has 1 aromatic heterocycles. The number of aromatic nitrogens is 1. The van der Waals surface area contributed by atoms with E-state index in [-0.39, 0.29) is 11.6 Å². The summed E-state index contributed by atoms with van der Waals surface area (Å²) in [6.45, 7) is 1.10. The third-order valence-corrected chi connectivity index (χ3v) is 5.69. The fourth-order valence-electron chi connectivity index (χ4n) is 3.69. The van der Waals surface area contributed by atoms with Crippen molar-refractivity contribution in [2.75, 3.05) is 13.2 Å². The molecule has 0 saturated carbocycles. The number of nitrogens with one attached hydrogen (secondary N) is 2. The number of hydrogen-bond acceptors (Lipinski definition) is 4. The van der Waals surface area contributed by atoms with Crippen LogP contribution in [0.15, 0.2) is 53.1 Å². The molecule has 0 atom stereocenters. The average Bonchev–Trinajstić information content (AvgIpc) is 3.12. The van der Waals surface area contributed by atoms with Crippen LogP contribution in [0, 0.1) is 10.1 Å². The predicted octanol–water partition coefficient (Wildman–Crippen LogP) is 4.27. The van der Waals surface area contributed by atoms with Crippen molar-refractivity contribution in [1.82, 2.24) is 10.3 Å². The maximum absolute atomic E-state index is 13.2. The maximum atomic E-state index is 13.2. The van der Waals surface area contributed by atoms with E-state index < -0.39 is 10.5 Å². The first-order valence-corrected chi connectivity index (χ1v) is 9.70. The van der Waals surface area contributed by atoms with Crippen LogP contribution in [0.2, 0.25) is 0 Å². The van der Waals surface area contributed by atoms with E-state index in [2.05, 4.69) is 26.2 Å². The van der Waals surface area contributed by atoms with E-state index in [0.29, 0.717) is 42.5 Å².